The molecule has 4 nitrogen and oxygen atoms in total. The van der Waals surface area contributed by atoms with Gasteiger partial charge in [0.1, 0.15) is 0 Å². The Hall–Kier alpha value is -7.04. The summed E-state index contributed by atoms with van der Waals surface area (Å²) in [6.07, 6.45) is 3.95. The zero-order chi connectivity index (χ0) is 33.9. The Morgan fingerprint density at radius 3 is 1.96 bits per heavy atom. The Morgan fingerprint density at radius 2 is 1.10 bits per heavy atom. The molecular weight excluding hydrogens is 633 g/mol. The van der Waals surface area contributed by atoms with Crippen LogP contribution in [0.25, 0.3) is 110 Å². The van der Waals surface area contributed by atoms with E-state index >= 15 is 0 Å². The Kier molecular flexibility index (Phi) is 5.47. The van der Waals surface area contributed by atoms with Crippen LogP contribution in [0.3, 0.4) is 0 Å². The minimum absolute atomic E-state index is 1.000. The summed E-state index contributed by atoms with van der Waals surface area (Å²) in [6.45, 7) is 0. The summed E-state index contributed by atoms with van der Waals surface area (Å²) in [7, 11) is 0. The van der Waals surface area contributed by atoms with Gasteiger partial charge in [-0.1, -0.05) is 103 Å². The number of benzene rings is 7. The summed E-state index contributed by atoms with van der Waals surface area (Å²) in [5.74, 6) is 0. The molecule has 0 unspecified atom stereocenters. The number of hydrogen-bond donors (Lipinski definition) is 0. The molecule has 0 aliphatic heterocycles. The van der Waals surface area contributed by atoms with Crippen LogP contribution in [-0.2, 0) is 0 Å². The molecule has 0 atom stereocenters. The van der Waals surface area contributed by atoms with Crippen LogP contribution < -0.4 is 0 Å². The Bertz CT molecular complexity index is 3290. The highest BCUT2D eigenvalue weighted by Gasteiger charge is 2.25. The van der Waals surface area contributed by atoms with Crippen molar-refractivity contribution in [2.75, 3.05) is 0 Å². The number of pyridine rings is 2. The topological polar surface area (TPSA) is 35.6 Å². The smallest absolute Gasteiger partial charge is 0.0809 e. The van der Waals surface area contributed by atoms with E-state index in [9.17, 15) is 0 Å². The maximum absolute atomic E-state index is 5.13. The van der Waals surface area contributed by atoms with Gasteiger partial charge in [-0.3, -0.25) is 9.97 Å². The molecular formula is C48H28N4. The molecule has 52 heavy (non-hydrogen) atoms. The SMILES string of the molecule is c1ccc(-n2c3ccccc3c3cc(-c4ccc5c(c4)c4ccc6ccccc6c4n5-c4cnc5c(c4)-c4nccc6cccc-5c46)ccc32)cc1. The van der Waals surface area contributed by atoms with E-state index in [-0.39, 0.29) is 0 Å². The van der Waals surface area contributed by atoms with Crippen molar-refractivity contribution < 1.29 is 0 Å². The molecule has 1 aliphatic rings. The Morgan fingerprint density at radius 1 is 0.385 bits per heavy atom. The molecule has 0 fully saturated rings. The van der Waals surface area contributed by atoms with E-state index < -0.39 is 0 Å². The first-order chi connectivity index (χ1) is 25.8. The third kappa shape index (κ3) is 3.70. The number of hydrogen-bond acceptors (Lipinski definition) is 2. The lowest BCUT2D eigenvalue weighted by atomic mass is 10.00. The van der Waals surface area contributed by atoms with Crippen LogP contribution in [0.1, 0.15) is 0 Å². The molecule has 0 radical (unpaired) electrons. The number of rotatable bonds is 3. The molecule has 0 N–H and O–H groups in total. The van der Waals surface area contributed by atoms with Crippen molar-refractivity contribution in [1.29, 1.82) is 0 Å². The third-order valence-corrected chi connectivity index (χ3v) is 11.1. The fraction of sp³-hybridized carbons (Fsp3) is 0. The second kappa shape index (κ2) is 10.3. The van der Waals surface area contributed by atoms with Crippen molar-refractivity contribution in [3.63, 3.8) is 0 Å². The molecule has 0 saturated heterocycles. The van der Waals surface area contributed by atoms with Gasteiger partial charge in [0.2, 0.25) is 0 Å². The van der Waals surface area contributed by atoms with Gasteiger partial charge >= 0.3 is 0 Å². The minimum Gasteiger partial charge on any atom is -0.309 e. The van der Waals surface area contributed by atoms with Crippen LogP contribution in [0.15, 0.2) is 170 Å². The van der Waals surface area contributed by atoms with Crippen molar-refractivity contribution in [2.45, 2.75) is 0 Å². The van der Waals surface area contributed by atoms with Crippen LogP contribution in [0.4, 0.5) is 0 Å². The fourth-order valence-electron chi connectivity index (χ4n) is 8.84. The number of para-hydroxylation sites is 2. The Balaban J connectivity index is 1.09. The maximum atomic E-state index is 5.13. The van der Waals surface area contributed by atoms with Crippen LogP contribution in [0.5, 0.6) is 0 Å². The predicted octanol–water partition coefficient (Wildman–Crippen LogP) is 12.3. The first-order valence-corrected chi connectivity index (χ1v) is 17.7. The summed E-state index contributed by atoms with van der Waals surface area (Å²) in [4.78, 5) is 10.00. The lowest BCUT2D eigenvalue weighted by Gasteiger charge is -2.12. The van der Waals surface area contributed by atoms with Gasteiger partial charge in [-0.25, -0.2) is 0 Å². The quantitative estimate of drug-likeness (QED) is 0.189. The molecule has 12 rings (SSSR count). The molecule has 0 amide bonds. The van der Waals surface area contributed by atoms with Gasteiger partial charge in [0.15, 0.2) is 0 Å². The van der Waals surface area contributed by atoms with Crippen molar-refractivity contribution in [1.82, 2.24) is 19.1 Å². The minimum atomic E-state index is 1.000. The number of nitrogens with zero attached hydrogens (tertiary/aromatic N) is 4. The van der Waals surface area contributed by atoms with E-state index in [2.05, 4.69) is 167 Å². The second-order valence-corrected chi connectivity index (χ2v) is 13.8. The van der Waals surface area contributed by atoms with Gasteiger partial charge in [0.05, 0.1) is 45.3 Å². The number of fused-ring (bicyclic) bond motifs is 11. The van der Waals surface area contributed by atoms with E-state index in [1.165, 1.54) is 76.5 Å². The summed E-state index contributed by atoms with van der Waals surface area (Å²) < 4.78 is 4.78. The van der Waals surface area contributed by atoms with E-state index in [1.54, 1.807) is 0 Å². The largest absolute Gasteiger partial charge is 0.309 e. The fourth-order valence-corrected chi connectivity index (χ4v) is 8.84. The number of aromatic nitrogens is 4. The maximum Gasteiger partial charge on any atom is 0.0809 e. The highest BCUT2D eigenvalue weighted by atomic mass is 15.0. The lowest BCUT2D eigenvalue weighted by molar-refractivity contribution is 1.15. The van der Waals surface area contributed by atoms with Gasteiger partial charge in [-0.2, -0.15) is 0 Å². The molecule has 0 spiro atoms. The van der Waals surface area contributed by atoms with Crippen molar-refractivity contribution in [2.24, 2.45) is 0 Å². The Labute approximate surface area is 298 Å². The molecule has 240 valence electrons. The third-order valence-electron chi connectivity index (χ3n) is 11.1. The average Bonchev–Trinajstić information content (AvgIpc) is 3.84. The molecule has 4 heterocycles. The van der Waals surface area contributed by atoms with E-state index in [0.717, 1.165) is 33.7 Å². The molecule has 0 saturated carbocycles. The van der Waals surface area contributed by atoms with E-state index in [4.69, 9.17) is 9.97 Å². The van der Waals surface area contributed by atoms with Gasteiger partial charge in [-0.15, -0.1) is 0 Å². The standard InChI is InChI=1S/C48H28N4/c1-2-11-33(12-3-1)51-42-16-7-6-14-36(42)39-25-31(18-21-43(39)51)32-19-22-44-40(26-32)37-20-17-29-9-4-5-13-35(29)48(37)52(44)34-27-41-46(50-28-34)38-15-8-10-30-23-24-49-47(41)45(30)38/h1-28H. The molecule has 1 aliphatic carbocycles. The highest BCUT2D eigenvalue weighted by Crippen LogP contribution is 2.46. The molecule has 4 heteroatoms. The van der Waals surface area contributed by atoms with Crippen LogP contribution in [-0.4, -0.2) is 19.1 Å². The summed E-state index contributed by atoms with van der Waals surface area (Å²) in [5, 5.41) is 9.76. The van der Waals surface area contributed by atoms with Gasteiger partial charge < -0.3 is 9.13 Å². The van der Waals surface area contributed by atoms with Crippen molar-refractivity contribution >= 4 is 65.2 Å². The molecule has 0 bridgehead atoms. The normalized spacial score (nSPS) is 12.2. The monoisotopic (exact) mass is 660 g/mol. The molecule has 4 aromatic heterocycles. The summed E-state index contributed by atoms with van der Waals surface area (Å²) in [6, 6.07) is 57.3. The zero-order valence-electron chi connectivity index (χ0n) is 28.0. The summed E-state index contributed by atoms with van der Waals surface area (Å²) in [5.41, 5.74) is 13.6. The highest BCUT2D eigenvalue weighted by molar-refractivity contribution is 6.20. The van der Waals surface area contributed by atoms with Gasteiger partial charge in [-0.05, 0) is 76.5 Å². The van der Waals surface area contributed by atoms with Crippen molar-refractivity contribution in [3.05, 3.63) is 170 Å². The van der Waals surface area contributed by atoms with Crippen LogP contribution in [0, 0.1) is 0 Å². The summed E-state index contributed by atoms with van der Waals surface area (Å²) >= 11 is 0. The van der Waals surface area contributed by atoms with Gasteiger partial charge in [0, 0.05) is 55.3 Å². The first-order valence-electron chi connectivity index (χ1n) is 17.7. The van der Waals surface area contributed by atoms with Gasteiger partial charge in [0.25, 0.3) is 0 Å². The second-order valence-electron chi connectivity index (χ2n) is 13.8. The zero-order valence-corrected chi connectivity index (χ0v) is 28.0. The van der Waals surface area contributed by atoms with E-state index in [0.29, 0.717) is 0 Å². The average molecular weight is 661 g/mol. The van der Waals surface area contributed by atoms with Crippen LogP contribution >= 0.6 is 0 Å². The molecule has 11 aromatic rings. The van der Waals surface area contributed by atoms with Crippen molar-refractivity contribution in [3.8, 4) is 45.0 Å². The lowest BCUT2D eigenvalue weighted by Crippen LogP contribution is -1.97. The van der Waals surface area contributed by atoms with Crippen LogP contribution in [0.2, 0.25) is 0 Å². The van der Waals surface area contributed by atoms with E-state index in [1.807, 2.05) is 12.4 Å². The first kappa shape index (κ1) is 27.7. The molecule has 7 aromatic carbocycles. The predicted molar refractivity (Wildman–Crippen MR) is 216 cm³/mol.